The predicted octanol–water partition coefficient (Wildman–Crippen LogP) is 0.593. The number of sulfonamides is 1. The molecule has 1 aliphatic carbocycles. The number of ether oxygens (including phenoxy) is 1. The summed E-state index contributed by atoms with van der Waals surface area (Å²) in [5, 5.41) is 5.13. The van der Waals surface area contributed by atoms with Gasteiger partial charge in [-0.2, -0.15) is 0 Å². The zero-order valence-electron chi connectivity index (χ0n) is 9.37. The normalized spacial score (nSPS) is 24.8. The second-order valence-electron chi connectivity index (χ2n) is 4.30. The van der Waals surface area contributed by atoms with Crippen molar-refractivity contribution >= 4 is 10.0 Å². The number of hydrogen-bond donors (Lipinski definition) is 2. The van der Waals surface area contributed by atoms with Crippen molar-refractivity contribution in [2.45, 2.75) is 36.3 Å². The van der Waals surface area contributed by atoms with Crippen LogP contribution in [0.1, 0.15) is 19.3 Å². The van der Waals surface area contributed by atoms with E-state index in [1.165, 1.54) is 6.07 Å². The molecule has 4 N–H and O–H groups in total. The molecule has 94 valence electrons. The van der Waals surface area contributed by atoms with E-state index >= 15 is 0 Å². The minimum absolute atomic E-state index is 0.0205. The Bertz CT molecular complexity index is 501. The summed E-state index contributed by atoms with van der Waals surface area (Å²) < 4.78 is 28.4. The van der Waals surface area contributed by atoms with Crippen LogP contribution in [0.2, 0.25) is 0 Å². The lowest BCUT2D eigenvalue weighted by molar-refractivity contribution is 0.202. The molecule has 1 saturated carbocycles. The van der Waals surface area contributed by atoms with Crippen LogP contribution in [0.25, 0.3) is 0 Å². The Morgan fingerprint density at radius 1 is 1.24 bits per heavy atom. The van der Waals surface area contributed by atoms with Crippen LogP contribution in [0.5, 0.6) is 5.75 Å². The fourth-order valence-electron chi connectivity index (χ4n) is 2.04. The molecule has 0 spiro atoms. The van der Waals surface area contributed by atoms with E-state index in [9.17, 15) is 8.42 Å². The van der Waals surface area contributed by atoms with Gasteiger partial charge in [0.1, 0.15) is 16.7 Å². The maximum absolute atomic E-state index is 11.4. The maximum atomic E-state index is 11.4. The number of primary sulfonamides is 1. The van der Waals surface area contributed by atoms with Crippen molar-refractivity contribution in [3.8, 4) is 5.75 Å². The van der Waals surface area contributed by atoms with Gasteiger partial charge in [-0.25, -0.2) is 13.6 Å². The number of hydrogen-bond acceptors (Lipinski definition) is 4. The molecule has 1 aromatic rings. The molecule has 6 heteroatoms. The van der Waals surface area contributed by atoms with Crippen molar-refractivity contribution < 1.29 is 13.2 Å². The SMILES string of the molecule is NC1CCC(Oc2ccccc2S(N)(=O)=O)C1. The molecule has 0 amide bonds. The lowest BCUT2D eigenvalue weighted by Crippen LogP contribution is -2.20. The molecule has 17 heavy (non-hydrogen) atoms. The van der Waals surface area contributed by atoms with Gasteiger partial charge in [-0.05, 0) is 31.4 Å². The highest BCUT2D eigenvalue weighted by Gasteiger charge is 2.25. The summed E-state index contributed by atoms with van der Waals surface area (Å²) in [5.41, 5.74) is 5.78. The van der Waals surface area contributed by atoms with Gasteiger partial charge in [-0.15, -0.1) is 0 Å². The summed E-state index contributed by atoms with van der Waals surface area (Å²) in [7, 11) is -3.74. The van der Waals surface area contributed by atoms with E-state index in [2.05, 4.69) is 0 Å². The van der Waals surface area contributed by atoms with Crippen molar-refractivity contribution in [3.05, 3.63) is 24.3 Å². The highest BCUT2D eigenvalue weighted by atomic mass is 32.2. The average Bonchev–Trinajstić information content (AvgIpc) is 2.63. The molecular weight excluding hydrogens is 240 g/mol. The second kappa shape index (κ2) is 4.64. The summed E-state index contributed by atoms with van der Waals surface area (Å²) in [4.78, 5) is 0.0282. The topological polar surface area (TPSA) is 95.4 Å². The third-order valence-electron chi connectivity index (χ3n) is 2.87. The van der Waals surface area contributed by atoms with Crippen LogP contribution in [0.4, 0.5) is 0 Å². The van der Waals surface area contributed by atoms with Gasteiger partial charge in [0.15, 0.2) is 0 Å². The molecule has 0 heterocycles. The first-order valence-corrected chi connectivity index (χ1v) is 7.05. The molecule has 0 aliphatic heterocycles. The Labute approximate surface area is 101 Å². The molecule has 2 atom stereocenters. The summed E-state index contributed by atoms with van der Waals surface area (Å²) in [6.45, 7) is 0. The number of nitrogens with two attached hydrogens (primary N) is 2. The minimum Gasteiger partial charge on any atom is -0.489 e. The van der Waals surface area contributed by atoms with Crippen molar-refractivity contribution in [1.29, 1.82) is 0 Å². The Kier molecular flexibility index (Phi) is 3.37. The highest BCUT2D eigenvalue weighted by Crippen LogP contribution is 2.28. The largest absolute Gasteiger partial charge is 0.489 e. The van der Waals surface area contributed by atoms with E-state index < -0.39 is 10.0 Å². The molecule has 0 aromatic heterocycles. The maximum Gasteiger partial charge on any atom is 0.241 e. The smallest absolute Gasteiger partial charge is 0.241 e. The van der Waals surface area contributed by atoms with E-state index in [1.54, 1.807) is 18.2 Å². The van der Waals surface area contributed by atoms with Crippen molar-refractivity contribution in [3.63, 3.8) is 0 Å². The van der Waals surface area contributed by atoms with Crippen LogP contribution < -0.4 is 15.6 Å². The molecule has 2 unspecified atom stereocenters. The third-order valence-corrected chi connectivity index (χ3v) is 3.82. The van der Waals surface area contributed by atoms with E-state index in [1.807, 2.05) is 0 Å². The van der Waals surface area contributed by atoms with Gasteiger partial charge in [-0.1, -0.05) is 12.1 Å². The first-order chi connectivity index (χ1) is 7.97. The van der Waals surface area contributed by atoms with Crippen LogP contribution >= 0.6 is 0 Å². The van der Waals surface area contributed by atoms with E-state index in [4.69, 9.17) is 15.6 Å². The zero-order chi connectivity index (χ0) is 12.5. The lowest BCUT2D eigenvalue weighted by Gasteiger charge is -2.15. The fourth-order valence-corrected chi connectivity index (χ4v) is 2.71. The van der Waals surface area contributed by atoms with E-state index in [-0.39, 0.29) is 17.0 Å². The quantitative estimate of drug-likeness (QED) is 0.827. The van der Waals surface area contributed by atoms with Crippen molar-refractivity contribution in [1.82, 2.24) is 0 Å². The monoisotopic (exact) mass is 256 g/mol. The van der Waals surface area contributed by atoms with E-state index in [0.29, 0.717) is 5.75 Å². The Balaban J connectivity index is 2.21. The Hall–Kier alpha value is -1.11. The molecule has 5 nitrogen and oxygen atoms in total. The summed E-state index contributed by atoms with van der Waals surface area (Å²) in [6, 6.07) is 6.54. The second-order valence-corrected chi connectivity index (χ2v) is 5.83. The van der Waals surface area contributed by atoms with Crippen molar-refractivity contribution in [2.75, 3.05) is 0 Å². The lowest BCUT2D eigenvalue weighted by atomic mass is 10.3. The molecule has 0 bridgehead atoms. The van der Waals surface area contributed by atoms with Crippen LogP contribution in [0.3, 0.4) is 0 Å². The van der Waals surface area contributed by atoms with Crippen LogP contribution in [-0.4, -0.2) is 20.6 Å². The third kappa shape index (κ3) is 2.96. The molecule has 0 radical (unpaired) electrons. The Morgan fingerprint density at radius 2 is 1.94 bits per heavy atom. The molecule has 1 aliphatic rings. The van der Waals surface area contributed by atoms with Gasteiger partial charge >= 0.3 is 0 Å². The van der Waals surface area contributed by atoms with Crippen LogP contribution in [0, 0.1) is 0 Å². The van der Waals surface area contributed by atoms with Gasteiger partial charge in [0.05, 0.1) is 0 Å². The van der Waals surface area contributed by atoms with Gasteiger partial charge in [0.25, 0.3) is 0 Å². The van der Waals surface area contributed by atoms with Gasteiger partial charge in [0.2, 0.25) is 10.0 Å². The van der Waals surface area contributed by atoms with Crippen LogP contribution in [-0.2, 0) is 10.0 Å². The van der Waals surface area contributed by atoms with Crippen LogP contribution in [0.15, 0.2) is 29.2 Å². The van der Waals surface area contributed by atoms with Crippen molar-refractivity contribution in [2.24, 2.45) is 10.9 Å². The summed E-state index contributed by atoms with van der Waals surface area (Å²) in [5.74, 6) is 0.314. The number of benzene rings is 1. The number of rotatable bonds is 3. The first-order valence-electron chi connectivity index (χ1n) is 5.51. The molecule has 1 aromatic carbocycles. The van der Waals surface area contributed by atoms with Gasteiger partial charge in [-0.3, -0.25) is 0 Å². The van der Waals surface area contributed by atoms with Gasteiger partial charge in [0, 0.05) is 6.04 Å². The first kappa shape index (κ1) is 12.3. The molecule has 0 saturated heterocycles. The standard InChI is InChI=1S/C11H16N2O3S/c12-8-5-6-9(7-8)16-10-3-1-2-4-11(10)17(13,14)15/h1-4,8-9H,5-7,12H2,(H2,13,14,15). The zero-order valence-corrected chi connectivity index (χ0v) is 10.2. The minimum atomic E-state index is -3.74. The van der Waals surface area contributed by atoms with E-state index in [0.717, 1.165) is 19.3 Å². The summed E-state index contributed by atoms with van der Waals surface area (Å²) >= 11 is 0. The fraction of sp³-hybridized carbons (Fsp3) is 0.455. The average molecular weight is 256 g/mol. The molecular formula is C11H16N2O3S. The number of para-hydroxylation sites is 1. The highest BCUT2D eigenvalue weighted by molar-refractivity contribution is 7.89. The molecule has 1 fully saturated rings. The summed E-state index contributed by atoms with van der Waals surface area (Å²) in [6.07, 6.45) is 2.48. The van der Waals surface area contributed by atoms with Gasteiger partial charge < -0.3 is 10.5 Å². The molecule has 2 rings (SSSR count). The Morgan fingerprint density at radius 3 is 2.53 bits per heavy atom. The predicted molar refractivity (Wildman–Crippen MR) is 64.1 cm³/mol.